The third kappa shape index (κ3) is 2.78. The molecular weight excluding hydrogens is 346 g/mol. The van der Waals surface area contributed by atoms with Crippen molar-refractivity contribution in [3.63, 3.8) is 0 Å². The molecule has 8 heteroatoms. The summed E-state index contributed by atoms with van der Waals surface area (Å²) < 4.78 is 11.1. The highest BCUT2D eigenvalue weighted by Crippen LogP contribution is 2.38. The lowest BCUT2D eigenvalue weighted by molar-refractivity contribution is -0.383. The first-order chi connectivity index (χ1) is 12.1. The first-order valence-corrected chi connectivity index (χ1v) is 7.89. The SMILES string of the molecule is O=[N+]([O-])c1ccc(Cl)c2c(Nc3ccc4c(c3)OCCO4)nccc12. The Balaban J connectivity index is 1.80. The zero-order valence-electron chi connectivity index (χ0n) is 12.9. The molecule has 0 atom stereocenters. The summed E-state index contributed by atoms with van der Waals surface area (Å²) in [5.41, 5.74) is 0.693. The molecule has 1 aromatic heterocycles. The molecule has 1 aliphatic heterocycles. The predicted octanol–water partition coefficient (Wildman–Crippen LogP) is 4.31. The Bertz CT molecular complexity index is 993. The minimum atomic E-state index is -0.438. The summed E-state index contributed by atoms with van der Waals surface area (Å²) >= 11 is 6.27. The fourth-order valence-corrected chi connectivity index (χ4v) is 3.01. The van der Waals surface area contributed by atoms with E-state index in [-0.39, 0.29) is 5.69 Å². The van der Waals surface area contributed by atoms with E-state index in [2.05, 4.69) is 10.3 Å². The largest absolute Gasteiger partial charge is 0.486 e. The van der Waals surface area contributed by atoms with Gasteiger partial charge in [-0.15, -0.1) is 0 Å². The molecule has 25 heavy (non-hydrogen) atoms. The maximum absolute atomic E-state index is 11.2. The van der Waals surface area contributed by atoms with Crippen LogP contribution in [0, 0.1) is 10.1 Å². The molecule has 4 rings (SSSR count). The molecule has 1 N–H and O–H groups in total. The zero-order chi connectivity index (χ0) is 17.4. The lowest BCUT2D eigenvalue weighted by atomic mass is 10.1. The number of benzene rings is 2. The van der Waals surface area contributed by atoms with Gasteiger partial charge in [-0.1, -0.05) is 11.6 Å². The van der Waals surface area contributed by atoms with E-state index in [0.717, 1.165) is 0 Å². The molecule has 0 radical (unpaired) electrons. The van der Waals surface area contributed by atoms with Crippen molar-refractivity contribution in [3.05, 3.63) is 57.7 Å². The van der Waals surface area contributed by atoms with Gasteiger partial charge in [-0.3, -0.25) is 10.1 Å². The molecule has 0 amide bonds. The smallest absolute Gasteiger partial charge is 0.277 e. The standard InChI is InChI=1S/C17H12ClN3O4/c18-12-2-3-13(21(22)23)11-5-6-19-17(16(11)12)20-10-1-4-14-15(9-10)25-8-7-24-14/h1-6,9H,7-8H2,(H,19,20). The Morgan fingerprint density at radius 1 is 1.12 bits per heavy atom. The lowest BCUT2D eigenvalue weighted by Crippen LogP contribution is -2.15. The number of hydrogen-bond donors (Lipinski definition) is 1. The van der Waals surface area contributed by atoms with Crippen LogP contribution >= 0.6 is 11.6 Å². The van der Waals surface area contributed by atoms with Crippen molar-refractivity contribution in [1.29, 1.82) is 0 Å². The third-order valence-corrected chi connectivity index (χ3v) is 4.17. The van der Waals surface area contributed by atoms with E-state index in [1.165, 1.54) is 18.3 Å². The number of fused-ring (bicyclic) bond motifs is 2. The van der Waals surface area contributed by atoms with Gasteiger partial charge < -0.3 is 14.8 Å². The molecule has 3 aromatic rings. The molecule has 2 heterocycles. The van der Waals surface area contributed by atoms with Crippen LogP contribution in [0.15, 0.2) is 42.6 Å². The molecule has 0 spiro atoms. The zero-order valence-corrected chi connectivity index (χ0v) is 13.6. The van der Waals surface area contributed by atoms with E-state index in [1.54, 1.807) is 18.2 Å². The van der Waals surface area contributed by atoms with E-state index < -0.39 is 4.92 Å². The third-order valence-electron chi connectivity index (χ3n) is 3.85. The molecule has 2 aromatic carbocycles. The Kier molecular flexibility index (Phi) is 3.77. The van der Waals surface area contributed by atoms with Crippen molar-refractivity contribution in [1.82, 2.24) is 4.98 Å². The Hall–Kier alpha value is -3.06. The summed E-state index contributed by atoms with van der Waals surface area (Å²) in [4.78, 5) is 15.1. The highest BCUT2D eigenvalue weighted by atomic mass is 35.5. The number of halogens is 1. The second kappa shape index (κ2) is 6.10. The van der Waals surface area contributed by atoms with Gasteiger partial charge in [0.25, 0.3) is 5.69 Å². The number of non-ortho nitro benzene ring substituents is 1. The summed E-state index contributed by atoms with van der Waals surface area (Å²) in [7, 11) is 0. The molecule has 0 saturated carbocycles. The monoisotopic (exact) mass is 357 g/mol. The highest BCUT2D eigenvalue weighted by molar-refractivity contribution is 6.37. The number of anilines is 2. The van der Waals surface area contributed by atoms with E-state index in [9.17, 15) is 10.1 Å². The van der Waals surface area contributed by atoms with Gasteiger partial charge >= 0.3 is 0 Å². The molecule has 0 saturated heterocycles. The van der Waals surface area contributed by atoms with Crippen LogP contribution < -0.4 is 14.8 Å². The molecule has 126 valence electrons. The van der Waals surface area contributed by atoms with Gasteiger partial charge in [-0.25, -0.2) is 4.98 Å². The van der Waals surface area contributed by atoms with Gasteiger partial charge in [0.1, 0.15) is 19.0 Å². The minimum Gasteiger partial charge on any atom is -0.486 e. The Labute approximate surface area is 147 Å². The Morgan fingerprint density at radius 3 is 2.72 bits per heavy atom. The summed E-state index contributed by atoms with van der Waals surface area (Å²) in [6.07, 6.45) is 1.51. The minimum absolute atomic E-state index is 0.0213. The quantitative estimate of drug-likeness (QED) is 0.555. The molecule has 0 aliphatic carbocycles. The second-order valence-electron chi connectivity index (χ2n) is 5.39. The van der Waals surface area contributed by atoms with E-state index in [4.69, 9.17) is 21.1 Å². The summed E-state index contributed by atoms with van der Waals surface area (Å²) in [6.45, 7) is 1.00. The van der Waals surface area contributed by atoms with E-state index in [0.29, 0.717) is 52.0 Å². The maximum Gasteiger partial charge on any atom is 0.277 e. The number of nitro groups is 1. The van der Waals surface area contributed by atoms with Crippen molar-refractivity contribution in [2.45, 2.75) is 0 Å². The highest BCUT2D eigenvalue weighted by Gasteiger charge is 2.18. The van der Waals surface area contributed by atoms with Crippen LogP contribution in [0.3, 0.4) is 0 Å². The topological polar surface area (TPSA) is 86.5 Å². The fraction of sp³-hybridized carbons (Fsp3) is 0.118. The van der Waals surface area contributed by atoms with E-state index in [1.807, 2.05) is 6.07 Å². The van der Waals surface area contributed by atoms with Gasteiger partial charge in [-0.2, -0.15) is 0 Å². The van der Waals surface area contributed by atoms with Crippen molar-refractivity contribution in [3.8, 4) is 11.5 Å². The summed E-state index contributed by atoms with van der Waals surface area (Å²) in [5, 5.41) is 15.7. The number of hydrogen-bond acceptors (Lipinski definition) is 6. The van der Waals surface area contributed by atoms with Crippen LogP contribution in [-0.2, 0) is 0 Å². The van der Waals surface area contributed by atoms with Gasteiger partial charge in [0.05, 0.1) is 20.7 Å². The second-order valence-corrected chi connectivity index (χ2v) is 5.80. The molecule has 0 unspecified atom stereocenters. The molecule has 0 fully saturated rings. The molecule has 0 bridgehead atoms. The maximum atomic E-state index is 11.2. The first kappa shape index (κ1) is 15.5. The van der Waals surface area contributed by atoms with Gasteiger partial charge in [0, 0.05) is 24.0 Å². The van der Waals surface area contributed by atoms with Crippen LogP contribution in [0.25, 0.3) is 10.8 Å². The van der Waals surface area contributed by atoms with Crippen LogP contribution in [0.1, 0.15) is 0 Å². The van der Waals surface area contributed by atoms with Crippen LogP contribution in [0.5, 0.6) is 11.5 Å². The predicted molar refractivity (Wildman–Crippen MR) is 94.1 cm³/mol. The van der Waals surface area contributed by atoms with Gasteiger partial charge in [0.15, 0.2) is 11.5 Å². The molecule has 7 nitrogen and oxygen atoms in total. The number of nitrogens with one attached hydrogen (secondary N) is 1. The van der Waals surface area contributed by atoms with Crippen molar-refractivity contribution < 1.29 is 14.4 Å². The van der Waals surface area contributed by atoms with Crippen molar-refractivity contribution in [2.75, 3.05) is 18.5 Å². The number of aromatic nitrogens is 1. The average molecular weight is 358 g/mol. The van der Waals surface area contributed by atoms with Crippen LogP contribution in [0.2, 0.25) is 5.02 Å². The first-order valence-electron chi connectivity index (χ1n) is 7.52. The number of pyridine rings is 1. The Morgan fingerprint density at radius 2 is 1.92 bits per heavy atom. The number of nitrogens with zero attached hydrogens (tertiary/aromatic N) is 2. The average Bonchev–Trinajstić information content (AvgIpc) is 2.62. The van der Waals surface area contributed by atoms with Crippen LogP contribution in [-0.4, -0.2) is 23.1 Å². The van der Waals surface area contributed by atoms with Crippen molar-refractivity contribution in [2.24, 2.45) is 0 Å². The summed E-state index contributed by atoms with van der Waals surface area (Å²) in [5.74, 6) is 1.74. The number of nitro benzene ring substituents is 1. The number of rotatable bonds is 3. The number of ether oxygens (including phenoxy) is 2. The van der Waals surface area contributed by atoms with Gasteiger partial charge in [0.2, 0.25) is 0 Å². The molecular formula is C17H12ClN3O4. The lowest BCUT2D eigenvalue weighted by Gasteiger charge is -2.19. The normalized spacial score (nSPS) is 12.8. The van der Waals surface area contributed by atoms with E-state index >= 15 is 0 Å². The fourth-order valence-electron chi connectivity index (χ4n) is 2.75. The molecule has 1 aliphatic rings. The van der Waals surface area contributed by atoms with Crippen LogP contribution in [0.4, 0.5) is 17.2 Å². The van der Waals surface area contributed by atoms with Crippen molar-refractivity contribution >= 4 is 39.6 Å². The summed E-state index contributed by atoms with van der Waals surface area (Å²) in [6, 6.07) is 9.87. The van der Waals surface area contributed by atoms with Gasteiger partial charge in [-0.05, 0) is 24.3 Å².